The normalized spacial score (nSPS) is 13.0. The second-order valence-electron chi connectivity index (χ2n) is 11.0. The summed E-state index contributed by atoms with van der Waals surface area (Å²) < 4.78 is 0. The van der Waals surface area contributed by atoms with Crippen LogP contribution in [-0.2, 0) is 0 Å². The van der Waals surface area contributed by atoms with Crippen molar-refractivity contribution in [2.24, 2.45) is 11.7 Å². The number of unbranched alkanes of at least 4 members (excludes halogenated alkanes) is 17. The lowest BCUT2D eigenvalue weighted by atomic mass is 9.72. The number of hydrogen-bond acceptors (Lipinski definition) is 1. The van der Waals surface area contributed by atoms with E-state index in [1.165, 1.54) is 161 Å². The van der Waals surface area contributed by atoms with Crippen molar-refractivity contribution >= 4 is 0 Å². The zero-order valence-corrected chi connectivity index (χ0v) is 23.3. The van der Waals surface area contributed by atoms with Gasteiger partial charge in [0.2, 0.25) is 0 Å². The lowest BCUT2D eigenvalue weighted by Crippen LogP contribution is -2.47. The van der Waals surface area contributed by atoms with Gasteiger partial charge in [-0.25, -0.2) is 0 Å². The first kappa shape index (κ1) is 32.0. The van der Waals surface area contributed by atoms with E-state index in [4.69, 9.17) is 5.73 Å². The van der Waals surface area contributed by atoms with Gasteiger partial charge >= 0.3 is 0 Å². The molecule has 0 aliphatic heterocycles. The van der Waals surface area contributed by atoms with Gasteiger partial charge in [-0.2, -0.15) is 0 Å². The van der Waals surface area contributed by atoms with Crippen molar-refractivity contribution in [1.82, 2.24) is 0 Å². The van der Waals surface area contributed by atoms with E-state index in [-0.39, 0.29) is 5.54 Å². The fourth-order valence-electron chi connectivity index (χ4n) is 5.53. The maximum Gasteiger partial charge on any atom is 0.0182 e. The van der Waals surface area contributed by atoms with Crippen molar-refractivity contribution in [3.05, 3.63) is 0 Å². The Morgan fingerprint density at radius 2 is 0.688 bits per heavy atom. The molecule has 0 amide bonds. The molecule has 1 atom stereocenters. The van der Waals surface area contributed by atoms with Gasteiger partial charge in [-0.3, -0.25) is 0 Å². The molecule has 0 fully saturated rings. The van der Waals surface area contributed by atoms with Gasteiger partial charge < -0.3 is 5.73 Å². The first-order valence-electron chi connectivity index (χ1n) is 15.4. The van der Waals surface area contributed by atoms with Crippen LogP contribution in [0.2, 0.25) is 0 Å². The minimum atomic E-state index is 0.104. The summed E-state index contributed by atoms with van der Waals surface area (Å²) in [5.41, 5.74) is 7.47. The summed E-state index contributed by atoms with van der Waals surface area (Å²) in [7, 11) is 0. The van der Waals surface area contributed by atoms with Crippen LogP contribution in [0, 0.1) is 5.92 Å². The third-order valence-corrected chi connectivity index (χ3v) is 7.87. The van der Waals surface area contributed by atoms with Gasteiger partial charge in [-0.1, -0.05) is 163 Å². The second-order valence-corrected chi connectivity index (χ2v) is 11.0. The molecule has 0 aliphatic rings. The molecule has 0 radical (unpaired) electrons. The molecule has 0 aromatic rings. The van der Waals surface area contributed by atoms with Gasteiger partial charge in [-0.15, -0.1) is 0 Å². The highest BCUT2D eigenvalue weighted by Crippen LogP contribution is 2.35. The summed E-state index contributed by atoms with van der Waals surface area (Å²) in [5, 5.41) is 0. The van der Waals surface area contributed by atoms with E-state index >= 15 is 0 Å². The molecule has 0 aromatic heterocycles. The van der Waals surface area contributed by atoms with Crippen LogP contribution in [0.4, 0.5) is 0 Å². The predicted octanol–water partition coefficient (Wildman–Crippen LogP) is 11.1. The lowest BCUT2D eigenvalue weighted by molar-refractivity contribution is 0.190. The van der Waals surface area contributed by atoms with Crippen LogP contribution in [0.15, 0.2) is 0 Å². The molecule has 0 saturated heterocycles. The van der Waals surface area contributed by atoms with Crippen LogP contribution in [0.25, 0.3) is 0 Å². The molecule has 0 bridgehead atoms. The van der Waals surface area contributed by atoms with Crippen LogP contribution in [0.3, 0.4) is 0 Å². The summed E-state index contributed by atoms with van der Waals surface area (Å²) in [5.74, 6) is 0.756. The lowest BCUT2D eigenvalue weighted by Gasteiger charge is -2.39. The van der Waals surface area contributed by atoms with Gasteiger partial charge in [0.1, 0.15) is 0 Å². The number of hydrogen-bond donors (Lipinski definition) is 1. The first-order chi connectivity index (χ1) is 15.6. The Hall–Kier alpha value is -0.0400. The Balaban J connectivity index is 4.79. The van der Waals surface area contributed by atoms with Crippen molar-refractivity contribution in [1.29, 1.82) is 0 Å². The molecule has 194 valence electrons. The minimum absolute atomic E-state index is 0.104. The Morgan fingerprint density at radius 3 is 1.09 bits per heavy atom. The SMILES string of the molecule is CCCCCCCCC(CCCCC)C(N)(CCCCCCCC)CCCCCCCC. The molecule has 1 nitrogen and oxygen atoms in total. The summed E-state index contributed by atoms with van der Waals surface area (Å²) >= 11 is 0. The predicted molar refractivity (Wildman–Crippen MR) is 149 cm³/mol. The molecule has 1 unspecified atom stereocenters. The van der Waals surface area contributed by atoms with Crippen LogP contribution in [0.1, 0.15) is 188 Å². The molecule has 2 N–H and O–H groups in total. The number of rotatable bonds is 26. The van der Waals surface area contributed by atoms with E-state index in [1.54, 1.807) is 0 Å². The standard InChI is InChI=1S/C31H65N/c1-5-9-13-16-19-23-27-30(26-22-12-8-4)31(32,28-24-20-17-14-10-6-2)29-25-21-18-15-11-7-3/h30H,5-29,32H2,1-4H3. The minimum Gasteiger partial charge on any atom is -0.325 e. The van der Waals surface area contributed by atoms with Gasteiger partial charge in [-0.05, 0) is 31.6 Å². The average molecular weight is 452 g/mol. The molecule has 0 heterocycles. The van der Waals surface area contributed by atoms with Crippen molar-refractivity contribution in [2.75, 3.05) is 0 Å². The molecule has 0 aromatic carbocycles. The quantitative estimate of drug-likeness (QED) is 0.130. The van der Waals surface area contributed by atoms with E-state index in [9.17, 15) is 0 Å². The van der Waals surface area contributed by atoms with Crippen LogP contribution in [-0.4, -0.2) is 5.54 Å². The number of nitrogens with two attached hydrogens (primary N) is 1. The van der Waals surface area contributed by atoms with E-state index in [0.717, 1.165) is 5.92 Å². The largest absolute Gasteiger partial charge is 0.325 e. The van der Waals surface area contributed by atoms with Crippen LogP contribution in [0.5, 0.6) is 0 Å². The zero-order chi connectivity index (χ0) is 23.8. The molecular formula is C31H65N. The highest BCUT2D eigenvalue weighted by atomic mass is 14.8. The van der Waals surface area contributed by atoms with E-state index in [0.29, 0.717) is 0 Å². The monoisotopic (exact) mass is 452 g/mol. The molecule has 0 rings (SSSR count). The molecule has 32 heavy (non-hydrogen) atoms. The van der Waals surface area contributed by atoms with Crippen LogP contribution < -0.4 is 5.73 Å². The Labute approximate surface area is 205 Å². The molecular weight excluding hydrogens is 386 g/mol. The summed E-state index contributed by atoms with van der Waals surface area (Å²) in [6, 6.07) is 0. The average Bonchev–Trinajstić information content (AvgIpc) is 2.79. The second kappa shape index (κ2) is 24.1. The smallest absolute Gasteiger partial charge is 0.0182 e. The fraction of sp³-hybridized carbons (Fsp3) is 1.00. The summed E-state index contributed by atoms with van der Waals surface area (Å²) in [4.78, 5) is 0. The van der Waals surface area contributed by atoms with Gasteiger partial charge in [0.15, 0.2) is 0 Å². The van der Waals surface area contributed by atoms with E-state index in [1.807, 2.05) is 0 Å². The summed E-state index contributed by atoms with van der Waals surface area (Å²) in [6.45, 7) is 9.28. The van der Waals surface area contributed by atoms with Crippen molar-refractivity contribution in [3.8, 4) is 0 Å². The molecule has 0 spiro atoms. The van der Waals surface area contributed by atoms with E-state index < -0.39 is 0 Å². The maximum absolute atomic E-state index is 7.37. The van der Waals surface area contributed by atoms with Gasteiger partial charge in [0.05, 0.1) is 0 Å². The van der Waals surface area contributed by atoms with Gasteiger partial charge in [0.25, 0.3) is 0 Å². The van der Waals surface area contributed by atoms with Crippen molar-refractivity contribution in [2.45, 2.75) is 194 Å². The first-order valence-corrected chi connectivity index (χ1v) is 15.4. The fourth-order valence-corrected chi connectivity index (χ4v) is 5.53. The highest BCUT2D eigenvalue weighted by Gasteiger charge is 2.33. The Kier molecular flexibility index (Phi) is 24.1. The molecule has 1 heteroatoms. The molecule has 0 aliphatic carbocycles. The Bertz CT molecular complexity index is 334. The highest BCUT2D eigenvalue weighted by molar-refractivity contribution is 4.91. The Morgan fingerprint density at radius 1 is 0.406 bits per heavy atom. The van der Waals surface area contributed by atoms with Crippen molar-refractivity contribution in [3.63, 3.8) is 0 Å². The third-order valence-electron chi connectivity index (χ3n) is 7.87. The van der Waals surface area contributed by atoms with E-state index in [2.05, 4.69) is 27.7 Å². The summed E-state index contributed by atoms with van der Waals surface area (Å²) in [6.07, 6.45) is 34.6. The molecule has 0 saturated carbocycles. The third kappa shape index (κ3) is 18.4. The van der Waals surface area contributed by atoms with Gasteiger partial charge in [0, 0.05) is 5.54 Å². The van der Waals surface area contributed by atoms with Crippen molar-refractivity contribution < 1.29 is 0 Å². The van der Waals surface area contributed by atoms with Crippen LogP contribution >= 0.6 is 0 Å². The maximum atomic E-state index is 7.37. The zero-order valence-electron chi connectivity index (χ0n) is 23.3. The topological polar surface area (TPSA) is 26.0 Å².